The number of rotatable bonds is 5. The number of ketones is 1. The van der Waals surface area contributed by atoms with Gasteiger partial charge in [-0.2, -0.15) is 0 Å². The zero-order chi connectivity index (χ0) is 13.9. The van der Waals surface area contributed by atoms with Crippen LogP contribution in [-0.4, -0.2) is 20.5 Å². The van der Waals surface area contributed by atoms with Gasteiger partial charge < -0.3 is 0 Å². The molecule has 1 aromatic rings. The van der Waals surface area contributed by atoms with Crippen molar-refractivity contribution in [1.82, 2.24) is 0 Å². The summed E-state index contributed by atoms with van der Waals surface area (Å²) in [5.41, 5.74) is 0.620. The molecule has 0 aliphatic carbocycles. The maximum atomic E-state index is 12.2. The average molecular weight is 331 g/mol. The molecule has 2 nitrogen and oxygen atoms in total. The van der Waals surface area contributed by atoms with Crippen molar-refractivity contribution in [3.8, 4) is 0 Å². The lowest BCUT2D eigenvalue weighted by atomic mass is 10.1. The van der Waals surface area contributed by atoms with Crippen LogP contribution in [-0.2, 0) is 10.8 Å². The van der Waals surface area contributed by atoms with E-state index >= 15 is 0 Å². The van der Waals surface area contributed by atoms with Crippen LogP contribution < -0.4 is 0 Å². The second kappa shape index (κ2) is 6.62. The summed E-state index contributed by atoms with van der Waals surface area (Å²) in [6.45, 7) is 7.74. The first-order valence-electron chi connectivity index (χ1n) is 6.03. The molecule has 0 spiro atoms. The molecular weight excluding hydrogens is 312 g/mol. The van der Waals surface area contributed by atoms with Gasteiger partial charge in [-0.25, -0.2) is 0 Å². The number of carbonyl (C=O) groups excluding carboxylic acids is 1. The normalized spacial score (nSPS) is 16.3. The first-order valence-corrected chi connectivity index (χ1v) is 8.10. The minimum atomic E-state index is -1.14. The lowest BCUT2D eigenvalue weighted by Crippen LogP contribution is -2.31. The van der Waals surface area contributed by atoms with Gasteiger partial charge in [-0.15, -0.1) is 0 Å². The molecular formula is C14H19BrO2S. The fourth-order valence-corrected chi connectivity index (χ4v) is 3.34. The summed E-state index contributed by atoms with van der Waals surface area (Å²) >= 11 is 3.33. The van der Waals surface area contributed by atoms with E-state index in [1.165, 1.54) is 0 Å². The smallest absolute Gasteiger partial charge is 0.178 e. The maximum absolute atomic E-state index is 12.2. The van der Waals surface area contributed by atoms with Crippen molar-refractivity contribution in [2.24, 2.45) is 5.92 Å². The van der Waals surface area contributed by atoms with Gasteiger partial charge in [0.15, 0.2) is 5.78 Å². The molecule has 0 aliphatic heterocycles. The predicted molar refractivity (Wildman–Crippen MR) is 80.4 cm³/mol. The van der Waals surface area contributed by atoms with E-state index in [4.69, 9.17) is 0 Å². The molecule has 0 aromatic heterocycles. The van der Waals surface area contributed by atoms with Gasteiger partial charge in [0.1, 0.15) is 0 Å². The van der Waals surface area contributed by atoms with Crippen LogP contribution in [0.2, 0.25) is 0 Å². The molecule has 0 bridgehead atoms. The van der Waals surface area contributed by atoms with Crippen molar-refractivity contribution >= 4 is 32.5 Å². The van der Waals surface area contributed by atoms with E-state index < -0.39 is 16.0 Å². The third-order valence-corrected chi connectivity index (χ3v) is 5.87. The van der Waals surface area contributed by atoms with Crippen molar-refractivity contribution in [3.63, 3.8) is 0 Å². The van der Waals surface area contributed by atoms with Gasteiger partial charge in [0.05, 0.1) is 5.25 Å². The Hall–Kier alpha value is -0.480. The zero-order valence-corrected chi connectivity index (χ0v) is 13.5. The highest BCUT2D eigenvalue weighted by atomic mass is 79.9. The molecule has 0 heterocycles. The molecule has 0 fully saturated rings. The van der Waals surface area contributed by atoms with E-state index in [-0.39, 0.29) is 11.0 Å². The molecule has 0 radical (unpaired) electrons. The van der Waals surface area contributed by atoms with Crippen LogP contribution in [0, 0.1) is 5.92 Å². The monoisotopic (exact) mass is 330 g/mol. The third-order valence-electron chi connectivity index (χ3n) is 3.15. The number of Topliss-reactive ketones (excluding diaryl/α,β-unsaturated/α-hetero) is 1. The second-order valence-corrected chi connectivity index (χ2v) is 7.81. The predicted octanol–water partition coefficient (Wildman–Crippen LogP) is 3.81. The number of hydrogen-bond acceptors (Lipinski definition) is 2. The minimum Gasteiger partial charge on any atom is -0.293 e. The lowest BCUT2D eigenvalue weighted by molar-refractivity contribution is 0.0992. The van der Waals surface area contributed by atoms with Crippen LogP contribution in [0.25, 0.3) is 0 Å². The summed E-state index contributed by atoms with van der Waals surface area (Å²) in [5.74, 6) is 0.263. The fraction of sp³-hybridized carbons (Fsp3) is 0.500. The van der Waals surface area contributed by atoms with E-state index in [0.717, 1.165) is 4.47 Å². The van der Waals surface area contributed by atoms with Crippen LogP contribution in [0.3, 0.4) is 0 Å². The fourth-order valence-electron chi connectivity index (χ4n) is 1.54. The molecule has 0 saturated carbocycles. The molecule has 0 N–H and O–H groups in total. The number of carbonyl (C=O) groups is 1. The Morgan fingerprint density at radius 1 is 1.11 bits per heavy atom. The molecule has 0 saturated heterocycles. The maximum Gasteiger partial charge on any atom is 0.178 e. The SMILES string of the molecule is CC(C)C(C)S(=O)C(C)C(=O)c1ccc(Br)cc1. The Morgan fingerprint density at radius 2 is 1.61 bits per heavy atom. The third kappa shape index (κ3) is 3.75. The van der Waals surface area contributed by atoms with Crippen LogP contribution in [0.1, 0.15) is 38.1 Å². The molecule has 0 aliphatic rings. The molecule has 4 heteroatoms. The summed E-state index contributed by atoms with van der Waals surface area (Å²) in [6, 6.07) is 7.18. The Bertz CT molecular complexity index is 440. The largest absolute Gasteiger partial charge is 0.293 e. The van der Waals surface area contributed by atoms with E-state index in [9.17, 15) is 9.00 Å². The van der Waals surface area contributed by atoms with Gasteiger partial charge in [0.2, 0.25) is 0 Å². The van der Waals surface area contributed by atoms with Gasteiger partial charge >= 0.3 is 0 Å². The summed E-state index contributed by atoms with van der Waals surface area (Å²) in [4.78, 5) is 12.2. The van der Waals surface area contributed by atoms with Gasteiger partial charge in [-0.3, -0.25) is 9.00 Å². The van der Waals surface area contributed by atoms with E-state index in [0.29, 0.717) is 11.5 Å². The lowest BCUT2D eigenvalue weighted by Gasteiger charge is -2.19. The van der Waals surface area contributed by atoms with Crippen molar-refractivity contribution in [2.75, 3.05) is 0 Å². The van der Waals surface area contributed by atoms with Crippen LogP contribution in [0.15, 0.2) is 28.7 Å². The van der Waals surface area contributed by atoms with E-state index in [1.54, 1.807) is 19.1 Å². The summed E-state index contributed by atoms with van der Waals surface area (Å²) < 4.78 is 13.2. The van der Waals surface area contributed by atoms with Gasteiger partial charge in [-0.05, 0) is 25.0 Å². The van der Waals surface area contributed by atoms with E-state index in [1.807, 2.05) is 32.9 Å². The highest BCUT2D eigenvalue weighted by Crippen LogP contribution is 2.18. The Kier molecular flexibility index (Phi) is 5.73. The topological polar surface area (TPSA) is 34.1 Å². The molecule has 3 atom stereocenters. The first kappa shape index (κ1) is 15.6. The summed E-state index contributed by atoms with van der Waals surface area (Å²) in [5, 5.41) is -0.428. The highest BCUT2D eigenvalue weighted by Gasteiger charge is 2.26. The van der Waals surface area contributed by atoms with Crippen molar-refractivity contribution in [1.29, 1.82) is 0 Å². The van der Waals surface area contributed by atoms with Crippen LogP contribution in [0.4, 0.5) is 0 Å². The molecule has 18 heavy (non-hydrogen) atoms. The second-order valence-electron chi connectivity index (χ2n) is 4.79. The van der Waals surface area contributed by atoms with Gasteiger partial charge in [-0.1, -0.05) is 48.8 Å². The number of hydrogen-bond donors (Lipinski definition) is 0. The first-order chi connectivity index (χ1) is 8.34. The van der Waals surface area contributed by atoms with Gasteiger partial charge in [0.25, 0.3) is 0 Å². The molecule has 3 unspecified atom stereocenters. The molecule has 1 rings (SSSR count). The van der Waals surface area contributed by atoms with Crippen LogP contribution in [0.5, 0.6) is 0 Å². The van der Waals surface area contributed by atoms with Crippen molar-refractivity contribution < 1.29 is 9.00 Å². The number of halogens is 1. The highest BCUT2D eigenvalue weighted by molar-refractivity contribution is 9.10. The van der Waals surface area contributed by atoms with Crippen molar-refractivity contribution in [3.05, 3.63) is 34.3 Å². The van der Waals surface area contributed by atoms with Crippen LogP contribution >= 0.6 is 15.9 Å². The molecule has 100 valence electrons. The Labute approximate surface area is 120 Å². The van der Waals surface area contributed by atoms with E-state index in [2.05, 4.69) is 15.9 Å². The summed E-state index contributed by atoms with van der Waals surface area (Å²) in [6.07, 6.45) is 0. The Morgan fingerprint density at radius 3 is 2.06 bits per heavy atom. The standard InChI is InChI=1S/C14H19BrO2S/c1-9(2)10(3)18(17)11(4)14(16)12-5-7-13(15)8-6-12/h5-11H,1-4H3. The molecule has 0 amide bonds. The van der Waals surface area contributed by atoms with Crippen molar-refractivity contribution in [2.45, 2.75) is 38.2 Å². The quantitative estimate of drug-likeness (QED) is 0.769. The Balaban J connectivity index is 2.84. The number of benzene rings is 1. The summed E-state index contributed by atoms with van der Waals surface area (Å²) in [7, 11) is -1.14. The minimum absolute atomic E-state index is 0.0272. The molecule has 1 aromatic carbocycles. The zero-order valence-electron chi connectivity index (χ0n) is 11.1. The average Bonchev–Trinajstić information content (AvgIpc) is 2.36. The van der Waals surface area contributed by atoms with Gasteiger partial charge in [0, 0.05) is 26.1 Å².